The summed E-state index contributed by atoms with van der Waals surface area (Å²) in [6, 6.07) is 28.6. The first kappa shape index (κ1) is 29.0. The SMILES string of the molecule is CN1C[C@]2([N+](=O)[O-])[C@@H]([C@@H]3O[C@H]4OC(C)(C)O[C@H]4[C@@H]3OCc3ccccc3)Oc3ccccc3[C@@H]2[C@]12C(=O)c1cccc3cccc2c13. The van der Waals surface area contributed by atoms with Crippen LogP contribution in [0.25, 0.3) is 10.8 Å². The van der Waals surface area contributed by atoms with Crippen molar-refractivity contribution in [3.8, 4) is 5.75 Å². The van der Waals surface area contributed by atoms with Crippen LogP contribution in [0.4, 0.5) is 0 Å². The molecule has 1 aliphatic carbocycles. The summed E-state index contributed by atoms with van der Waals surface area (Å²) in [5, 5.41) is 15.7. The maximum Gasteiger partial charge on any atom is 0.282 e. The number of ketones is 1. The number of carbonyl (C=O) groups is 1. The summed E-state index contributed by atoms with van der Waals surface area (Å²) < 4.78 is 32.4. The van der Waals surface area contributed by atoms with Crippen LogP contribution in [0.1, 0.15) is 46.8 Å². The minimum atomic E-state index is -1.81. The van der Waals surface area contributed by atoms with Gasteiger partial charge in [-0.1, -0.05) is 84.9 Å². The molecule has 4 aliphatic heterocycles. The van der Waals surface area contributed by atoms with Crippen LogP contribution in [0.2, 0.25) is 0 Å². The molecule has 4 aromatic carbocycles. The van der Waals surface area contributed by atoms with Gasteiger partial charge in [0, 0.05) is 16.1 Å². The van der Waals surface area contributed by atoms with E-state index in [-0.39, 0.29) is 23.9 Å². The molecular weight excluding hydrogens is 600 g/mol. The summed E-state index contributed by atoms with van der Waals surface area (Å²) in [4.78, 5) is 30.5. The maximum atomic E-state index is 14.9. The highest BCUT2D eigenvalue weighted by Gasteiger charge is 2.80. The van der Waals surface area contributed by atoms with E-state index in [2.05, 4.69) is 0 Å². The zero-order chi connectivity index (χ0) is 32.3. The molecule has 1 spiro atoms. The second-order valence-electron chi connectivity index (χ2n) is 13.7. The summed E-state index contributed by atoms with van der Waals surface area (Å²) in [7, 11) is 1.81. The van der Waals surface area contributed by atoms with Gasteiger partial charge in [-0.05, 0) is 48.9 Å². The van der Waals surface area contributed by atoms with E-state index in [9.17, 15) is 14.9 Å². The Morgan fingerprint density at radius 3 is 2.47 bits per heavy atom. The van der Waals surface area contributed by atoms with Crippen molar-refractivity contribution in [1.29, 1.82) is 0 Å². The molecule has 10 nitrogen and oxygen atoms in total. The third-order valence-corrected chi connectivity index (χ3v) is 10.8. The van der Waals surface area contributed by atoms with Crippen molar-refractivity contribution in [2.75, 3.05) is 13.6 Å². The lowest BCUT2D eigenvalue weighted by Gasteiger charge is -2.45. The number of nitro groups is 1. The minimum Gasteiger partial charge on any atom is -0.480 e. The Morgan fingerprint density at radius 1 is 0.936 bits per heavy atom. The smallest absolute Gasteiger partial charge is 0.282 e. The molecule has 0 saturated carbocycles. The third kappa shape index (κ3) is 3.76. The molecule has 3 fully saturated rings. The fourth-order valence-corrected chi connectivity index (χ4v) is 9.16. The van der Waals surface area contributed by atoms with E-state index in [1.807, 2.05) is 103 Å². The maximum absolute atomic E-state index is 14.9. The predicted molar refractivity (Wildman–Crippen MR) is 170 cm³/mol. The molecule has 0 unspecified atom stereocenters. The number of fused-ring (bicyclic) bond motifs is 6. The molecular formula is C37H34N2O8. The largest absolute Gasteiger partial charge is 0.480 e. The number of Topliss-reactive ketones (excluding diaryl/α,β-unsaturated/α-hetero) is 1. The van der Waals surface area contributed by atoms with Crippen molar-refractivity contribution in [2.45, 2.75) is 73.9 Å². The molecule has 3 saturated heterocycles. The van der Waals surface area contributed by atoms with Gasteiger partial charge in [0.15, 0.2) is 24.0 Å². The summed E-state index contributed by atoms with van der Waals surface area (Å²) in [5.41, 5.74) is -0.252. The molecule has 4 heterocycles. The monoisotopic (exact) mass is 634 g/mol. The van der Waals surface area contributed by atoms with Gasteiger partial charge in [0.05, 0.1) is 19.1 Å². The zero-order valence-electron chi connectivity index (χ0n) is 26.2. The number of carbonyl (C=O) groups excluding carboxylic acids is 1. The molecule has 10 heteroatoms. The zero-order valence-corrected chi connectivity index (χ0v) is 26.2. The molecule has 0 bridgehead atoms. The summed E-state index contributed by atoms with van der Waals surface area (Å²) in [5.74, 6) is -1.51. The van der Waals surface area contributed by atoms with Gasteiger partial charge in [-0.25, -0.2) is 0 Å². The predicted octanol–water partition coefficient (Wildman–Crippen LogP) is 5.20. The Kier molecular flexibility index (Phi) is 6.11. The van der Waals surface area contributed by atoms with Gasteiger partial charge in [0.25, 0.3) is 5.54 Å². The lowest BCUT2D eigenvalue weighted by Crippen LogP contribution is -2.66. The van der Waals surface area contributed by atoms with Crippen molar-refractivity contribution < 1.29 is 33.4 Å². The van der Waals surface area contributed by atoms with E-state index in [0.717, 1.165) is 21.9 Å². The van der Waals surface area contributed by atoms with Gasteiger partial charge in [-0.2, -0.15) is 0 Å². The van der Waals surface area contributed by atoms with Crippen molar-refractivity contribution in [2.24, 2.45) is 0 Å². The second-order valence-corrected chi connectivity index (χ2v) is 13.7. The lowest BCUT2D eigenvalue weighted by molar-refractivity contribution is -0.586. The minimum absolute atomic E-state index is 0.0619. The van der Waals surface area contributed by atoms with Crippen LogP contribution in [0.5, 0.6) is 5.75 Å². The van der Waals surface area contributed by atoms with E-state index in [4.69, 9.17) is 23.7 Å². The molecule has 47 heavy (non-hydrogen) atoms. The average molecular weight is 635 g/mol. The molecule has 8 atom stereocenters. The van der Waals surface area contributed by atoms with Crippen LogP contribution in [0.15, 0.2) is 91.0 Å². The van der Waals surface area contributed by atoms with Gasteiger partial charge in [-0.15, -0.1) is 0 Å². The highest BCUT2D eigenvalue weighted by Crippen LogP contribution is 2.65. The van der Waals surface area contributed by atoms with E-state index in [1.54, 1.807) is 13.8 Å². The lowest BCUT2D eigenvalue weighted by atomic mass is 9.64. The molecule has 4 aromatic rings. The van der Waals surface area contributed by atoms with Crippen molar-refractivity contribution in [3.05, 3.63) is 123 Å². The molecule has 9 rings (SSSR count). The summed E-state index contributed by atoms with van der Waals surface area (Å²) >= 11 is 0. The third-order valence-electron chi connectivity index (χ3n) is 10.8. The van der Waals surface area contributed by atoms with E-state index < -0.39 is 53.5 Å². The van der Waals surface area contributed by atoms with E-state index >= 15 is 0 Å². The van der Waals surface area contributed by atoms with Gasteiger partial charge < -0.3 is 23.7 Å². The molecule has 0 radical (unpaired) electrons. The highest BCUT2D eigenvalue weighted by molar-refractivity contribution is 6.21. The molecule has 5 aliphatic rings. The fraction of sp³-hybridized carbons (Fsp3) is 0.378. The first-order valence-corrected chi connectivity index (χ1v) is 16.0. The number of nitrogens with zero attached hydrogens (tertiary/aromatic N) is 2. The molecule has 0 amide bonds. The van der Waals surface area contributed by atoms with Crippen molar-refractivity contribution in [3.63, 3.8) is 0 Å². The van der Waals surface area contributed by atoms with Crippen LogP contribution in [-0.2, 0) is 31.1 Å². The first-order valence-electron chi connectivity index (χ1n) is 16.0. The van der Waals surface area contributed by atoms with Gasteiger partial charge >= 0.3 is 0 Å². The van der Waals surface area contributed by atoms with Crippen molar-refractivity contribution in [1.82, 2.24) is 4.90 Å². The highest BCUT2D eigenvalue weighted by atomic mass is 16.8. The number of para-hydroxylation sites is 1. The topological polar surface area (TPSA) is 110 Å². The summed E-state index contributed by atoms with van der Waals surface area (Å²) in [6.45, 7) is 3.78. The number of benzene rings is 4. The van der Waals surface area contributed by atoms with Crippen molar-refractivity contribution >= 4 is 16.6 Å². The second kappa shape index (κ2) is 9.91. The molecule has 0 N–H and O–H groups in total. The van der Waals surface area contributed by atoms with Gasteiger partial charge in [-0.3, -0.25) is 19.8 Å². The number of hydrogen-bond donors (Lipinski definition) is 0. The Labute approximate surface area is 271 Å². The Bertz CT molecular complexity index is 1940. The average Bonchev–Trinajstić information content (AvgIpc) is 3.73. The quantitative estimate of drug-likeness (QED) is 0.216. The summed E-state index contributed by atoms with van der Waals surface area (Å²) in [6.07, 6.45) is -4.35. The normalized spacial score (nSPS) is 34.7. The van der Waals surface area contributed by atoms with Crippen LogP contribution < -0.4 is 4.74 Å². The van der Waals surface area contributed by atoms with E-state index in [1.165, 1.54) is 0 Å². The van der Waals surface area contributed by atoms with Gasteiger partial charge in [0.2, 0.25) is 0 Å². The molecule has 0 aromatic heterocycles. The number of hydrogen-bond acceptors (Lipinski definition) is 9. The van der Waals surface area contributed by atoms with E-state index in [0.29, 0.717) is 16.9 Å². The van der Waals surface area contributed by atoms with Crippen LogP contribution >= 0.6 is 0 Å². The number of likely N-dealkylation sites (tertiary alicyclic amines) is 1. The standard InChI is InChI=1S/C37H34N2O8/c1-35(2)46-30-28(43-19-21-11-5-4-6-12-21)29(45-34(30)47-35)33-36(39(41)42)20-38(3)37(31(36)23-15-7-8-18-26(23)44-33)25-17-10-14-22-13-9-16-24(27(22)25)32(37)40/h4-18,28-31,33-34H,19-20H2,1-3H3/t28-,29-,30+,31+,33-,34+,36-,37-/m1/s1. The fourth-order valence-electron chi connectivity index (χ4n) is 9.16. The number of likely N-dealkylation sites (N-methyl/N-ethyl adjacent to an activating group) is 1. The molecule has 240 valence electrons. The number of rotatable bonds is 5. The van der Waals surface area contributed by atoms with Crippen LogP contribution in [0, 0.1) is 10.1 Å². The Morgan fingerprint density at radius 2 is 1.68 bits per heavy atom. The Hall–Kier alpha value is -4.19. The van der Waals surface area contributed by atoms with Gasteiger partial charge in [0.1, 0.15) is 29.6 Å². The van der Waals surface area contributed by atoms with Crippen LogP contribution in [0.3, 0.4) is 0 Å². The van der Waals surface area contributed by atoms with Crippen LogP contribution in [-0.4, -0.2) is 71.2 Å². The Balaban J connectivity index is 1.23. The first-order chi connectivity index (χ1) is 22.7. The number of ether oxygens (including phenoxy) is 5.